The summed E-state index contributed by atoms with van der Waals surface area (Å²) in [6, 6.07) is 3.45. The van der Waals surface area contributed by atoms with Crippen LogP contribution >= 0.6 is 0 Å². The van der Waals surface area contributed by atoms with E-state index >= 15 is 0 Å². The number of aliphatic carboxylic acids is 1. The molecular weight excluding hydrogens is 362 g/mol. The van der Waals surface area contributed by atoms with E-state index in [1.807, 2.05) is 0 Å². The maximum Gasteiger partial charge on any atom is 0.326 e. The van der Waals surface area contributed by atoms with Gasteiger partial charge in [0.25, 0.3) is 0 Å². The van der Waals surface area contributed by atoms with E-state index in [0.717, 1.165) is 0 Å². The Morgan fingerprint density at radius 1 is 1.23 bits per heavy atom. The van der Waals surface area contributed by atoms with Crippen molar-refractivity contribution in [3.8, 4) is 0 Å². The Bertz CT molecular complexity index is 806. The Labute approximate surface area is 151 Å². The van der Waals surface area contributed by atoms with E-state index < -0.39 is 34.0 Å². The number of amides is 2. The van der Waals surface area contributed by atoms with Gasteiger partial charge in [0.15, 0.2) is 0 Å². The average Bonchev–Trinajstić information content (AvgIpc) is 3.03. The summed E-state index contributed by atoms with van der Waals surface area (Å²) < 4.78 is 27.1. The molecule has 2 amide bonds. The molecule has 0 bridgehead atoms. The van der Waals surface area contributed by atoms with Crippen LogP contribution in [0.5, 0.6) is 0 Å². The second-order valence-electron chi connectivity index (χ2n) is 6.08. The molecule has 0 saturated carbocycles. The molecule has 2 atom stereocenters. The fraction of sp³-hybridized carbons (Fsp3) is 0.438. The number of carboxylic acids is 1. The van der Waals surface area contributed by atoms with E-state index in [9.17, 15) is 22.8 Å². The minimum atomic E-state index is -3.97. The smallest absolute Gasteiger partial charge is 0.326 e. The predicted molar refractivity (Wildman–Crippen MR) is 92.9 cm³/mol. The topological polar surface area (TPSA) is 133 Å². The van der Waals surface area contributed by atoms with Crippen molar-refractivity contribution >= 4 is 33.5 Å². The van der Waals surface area contributed by atoms with Gasteiger partial charge < -0.3 is 15.3 Å². The fourth-order valence-corrected chi connectivity index (χ4v) is 4.00. The lowest BCUT2D eigenvalue weighted by atomic mass is 10.2. The molecule has 142 valence electrons. The number of carboxylic acid groups (broad SMARTS) is 1. The van der Waals surface area contributed by atoms with Crippen LogP contribution in [0.25, 0.3) is 0 Å². The number of carbonyl (C=O) groups is 3. The molecule has 1 heterocycles. The van der Waals surface area contributed by atoms with Gasteiger partial charge in [0.05, 0.1) is 10.9 Å². The van der Waals surface area contributed by atoms with E-state index in [-0.39, 0.29) is 17.3 Å². The zero-order chi connectivity index (χ0) is 19.5. The number of anilines is 1. The zero-order valence-corrected chi connectivity index (χ0v) is 15.2. The Morgan fingerprint density at radius 3 is 2.38 bits per heavy atom. The van der Waals surface area contributed by atoms with Crippen LogP contribution < -0.4 is 10.0 Å². The first-order valence-electron chi connectivity index (χ1n) is 8.05. The number of hydrogen-bond donors (Lipinski definition) is 3. The first-order chi connectivity index (χ1) is 12.1. The third-order valence-corrected chi connectivity index (χ3v) is 5.56. The van der Waals surface area contributed by atoms with E-state index in [2.05, 4.69) is 10.0 Å². The van der Waals surface area contributed by atoms with Gasteiger partial charge in [-0.25, -0.2) is 13.2 Å². The summed E-state index contributed by atoms with van der Waals surface area (Å²) in [6.07, 6.45) is 0.915. The van der Waals surface area contributed by atoms with Crippen LogP contribution in [0.4, 0.5) is 5.69 Å². The largest absolute Gasteiger partial charge is 0.480 e. The molecule has 1 aliphatic heterocycles. The first kappa shape index (κ1) is 19.9. The van der Waals surface area contributed by atoms with Crippen molar-refractivity contribution in [2.45, 2.75) is 43.7 Å². The second-order valence-corrected chi connectivity index (χ2v) is 7.79. The number of benzene rings is 1. The number of nitrogens with zero attached hydrogens (tertiary/aromatic N) is 1. The molecule has 2 rings (SSSR count). The Balaban J connectivity index is 2.09. The number of sulfonamides is 1. The molecule has 0 aromatic heterocycles. The molecule has 1 aromatic carbocycles. The van der Waals surface area contributed by atoms with Crippen LogP contribution in [0.1, 0.15) is 26.7 Å². The van der Waals surface area contributed by atoms with Gasteiger partial charge in [0.1, 0.15) is 6.04 Å². The standard InChI is InChI=1S/C16H21N3O6S/c1-10(15(21)19-9-3-4-14(19)16(22)23)18-26(24,25)13-7-5-12(6-8-13)17-11(2)20/h5-8,10,14,18H,3-4,9H2,1-2H3,(H,17,20)(H,22,23)/t10-,14-/m0/s1. The van der Waals surface area contributed by atoms with Crippen molar-refractivity contribution in [3.63, 3.8) is 0 Å². The third-order valence-electron chi connectivity index (χ3n) is 4.01. The van der Waals surface area contributed by atoms with Crippen molar-refractivity contribution < 1.29 is 27.9 Å². The monoisotopic (exact) mass is 383 g/mol. The number of hydrogen-bond acceptors (Lipinski definition) is 5. The van der Waals surface area contributed by atoms with Crippen LogP contribution in [-0.4, -0.2) is 54.8 Å². The van der Waals surface area contributed by atoms with Crippen molar-refractivity contribution in [3.05, 3.63) is 24.3 Å². The Morgan fingerprint density at radius 2 is 1.85 bits per heavy atom. The number of likely N-dealkylation sites (tertiary alicyclic amines) is 1. The van der Waals surface area contributed by atoms with Crippen LogP contribution in [0.3, 0.4) is 0 Å². The van der Waals surface area contributed by atoms with E-state index in [1.165, 1.54) is 43.0 Å². The molecule has 1 fully saturated rings. The number of nitrogens with one attached hydrogen (secondary N) is 2. The Hall–Kier alpha value is -2.46. The summed E-state index contributed by atoms with van der Waals surface area (Å²) in [5.74, 6) is -1.95. The summed E-state index contributed by atoms with van der Waals surface area (Å²) in [4.78, 5) is 35.7. The van der Waals surface area contributed by atoms with Crippen molar-refractivity contribution in [1.29, 1.82) is 0 Å². The van der Waals surface area contributed by atoms with E-state index in [4.69, 9.17) is 5.11 Å². The van der Waals surface area contributed by atoms with Gasteiger partial charge in [0, 0.05) is 19.2 Å². The van der Waals surface area contributed by atoms with E-state index in [0.29, 0.717) is 18.5 Å². The average molecular weight is 383 g/mol. The molecule has 0 spiro atoms. The maximum absolute atomic E-state index is 12.4. The molecule has 3 N–H and O–H groups in total. The highest BCUT2D eigenvalue weighted by Crippen LogP contribution is 2.19. The minimum absolute atomic E-state index is 0.0672. The molecule has 0 radical (unpaired) electrons. The summed E-state index contributed by atoms with van der Waals surface area (Å²) in [7, 11) is -3.97. The summed E-state index contributed by atoms with van der Waals surface area (Å²) in [6.45, 7) is 3.00. The Kier molecular flexibility index (Phi) is 5.98. The summed E-state index contributed by atoms with van der Waals surface area (Å²) in [5.41, 5.74) is 0.446. The lowest BCUT2D eigenvalue weighted by Gasteiger charge is -2.25. The van der Waals surface area contributed by atoms with Crippen LogP contribution in [-0.2, 0) is 24.4 Å². The van der Waals surface area contributed by atoms with Gasteiger partial charge in [-0.2, -0.15) is 4.72 Å². The number of carbonyl (C=O) groups excluding carboxylic acids is 2. The second kappa shape index (κ2) is 7.83. The van der Waals surface area contributed by atoms with Gasteiger partial charge in [-0.05, 0) is 44.0 Å². The van der Waals surface area contributed by atoms with Gasteiger partial charge in [0.2, 0.25) is 21.8 Å². The van der Waals surface area contributed by atoms with Gasteiger partial charge in [-0.1, -0.05) is 0 Å². The number of rotatable bonds is 6. The van der Waals surface area contributed by atoms with Crippen molar-refractivity contribution in [2.24, 2.45) is 0 Å². The molecule has 0 unspecified atom stereocenters. The molecular formula is C16H21N3O6S. The minimum Gasteiger partial charge on any atom is -0.480 e. The normalized spacial score (nSPS) is 18.4. The quantitative estimate of drug-likeness (QED) is 0.651. The molecule has 1 saturated heterocycles. The zero-order valence-electron chi connectivity index (χ0n) is 14.4. The predicted octanol–water partition coefficient (Wildman–Crippen LogP) is 0.387. The first-order valence-corrected chi connectivity index (χ1v) is 9.53. The molecule has 0 aliphatic carbocycles. The molecule has 9 nitrogen and oxygen atoms in total. The molecule has 1 aliphatic rings. The van der Waals surface area contributed by atoms with Crippen LogP contribution in [0, 0.1) is 0 Å². The lowest BCUT2D eigenvalue weighted by Crippen LogP contribution is -2.50. The SMILES string of the molecule is CC(=O)Nc1ccc(S(=O)(=O)N[C@@H](C)C(=O)N2CCC[C@H]2C(=O)O)cc1. The van der Waals surface area contributed by atoms with Crippen molar-refractivity contribution in [2.75, 3.05) is 11.9 Å². The fourth-order valence-electron chi connectivity index (χ4n) is 2.81. The van der Waals surface area contributed by atoms with Crippen LogP contribution in [0.15, 0.2) is 29.2 Å². The maximum atomic E-state index is 12.4. The van der Waals surface area contributed by atoms with Gasteiger partial charge in [-0.3, -0.25) is 9.59 Å². The highest BCUT2D eigenvalue weighted by atomic mass is 32.2. The molecule has 10 heteroatoms. The summed E-state index contributed by atoms with van der Waals surface area (Å²) >= 11 is 0. The van der Waals surface area contributed by atoms with E-state index in [1.54, 1.807) is 0 Å². The lowest BCUT2D eigenvalue weighted by molar-refractivity contribution is -0.148. The van der Waals surface area contributed by atoms with Gasteiger partial charge >= 0.3 is 5.97 Å². The highest BCUT2D eigenvalue weighted by molar-refractivity contribution is 7.89. The van der Waals surface area contributed by atoms with Crippen LogP contribution in [0.2, 0.25) is 0 Å². The van der Waals surface area contributed by atoms with Crippen molar-refractivity contribution in [1.82, 2.24) is 9.62 Å². The third kappa shape index (κ3) is 4.58. The molecule has 26 heavy (non-hydrogen) atoms. The molecule has 1 aromatic rings. The van der Waals surface area contributed by atoms with Gasteiger partial charge in [-0.15, -0.1) is 0 Å². The summed E-state index contributed by atoms with van der Waals surface area (Å²) in [5, 5.41) is 11.7. The highest BCUT2D eigenvalue weighted by Gasteiger charge is 2.36.